The minimum atomic E-state index is -0.138. The highest BCUT2D eigenvalue weighted by Crippen LogP contribution is 2.23. The van der Waals surface area contributed by atoms with E-state index >= 15 is 0 Å². The standard InChI is InChI=1S/C19H32N4O2/c1-14-6-9-22(10-7-14)12-17-5-4-8-23(13-17)16(3)19(24)20-18-11-15(2)25-21-18/h11,14,16-17H,4-10,12-13H2,1-3H3,(H,20,21,24)/t16-,17+/m1/s1. The van der Waals surface area contributed by atoms with Crippen LogP contribution in [-0.2, 0) is 4.79 Å². The average molecular weight is 348 g/mol. The molecule has 6 heteroatoms. The number of nitrogens with zero attached hydrogens (tertiary/aromatic N) is 3. The average Bonchev–Trinajstić information content (AvgIpc) is 3.01. The summed E-state index contributed by atoms with van der Waals surface area (Å²) in [6.45, 7) is 11.8. The highest BCUT2D eigenvalue weighted by molar-refractivity contribution is 5.93. The molecule has 2 fully saturated rings. The topological polar surface area (TPSA) is 61.6 Å². The van der Waals surface area contributed by atoms with Crippen molar-refractivity contribution in [1.29, 1.82) is 0 Å². The maximum absolute atomic E-state index is 12.5. The molecule has 0 bridgehead atoms. The van der Waals surface area contributed by atoms with Gasteiger partial charge in [0.05, 0.1) is 6.04 Å². The van der Waals surface area contributed by atoms with E-state index in [1.165, 1.54) is 45.3 Å². The van der Waals surface area contributed by atoms with Crippen molar-refractivity contribution in [3.05, 3.63) is 11.8 Å². The molecular weight excluding hydrogens is 316 g/mol. The van der Waals surface area contributed by atoms with Crippen molar-refractivity contribution in [2.24, 2.45) is 11.8 Å². The van der Waals surface area contributed by atoms with Crippen molar-refractivity contribution in [2.45, 2.75) is 52.5 Å². The van der Waals surface area contributed by atoms with Crippen LogP contribution in [0.15, 0.2) is 10.6 Å². The molecule has 0 unspecified atom stereocenters. The Kier molecular flexibility index (Phi) is 6.12. The van der Waals surface area contributed by atoms with Crippen LogP contribution in [-0.4, -0.2) is 59.6 Å². The summed E-state index contributed by atoms with van der Waals surface area (Å²) in [5.74, 6) is 2.76. The van der Waals surface area contributed by atoms with Crippen molar-refractivity contribution >= 4 is 11.7 Å². The van der Waals surface area contributed by atoms with E-state index in [2.05, 4.69) is 27.2 Å². The van der Waals surface area contributed by atoms with Crippen LogP contribution < -0.4 is 5.32 Å². The van der Waals surface area contributed by atoms with Gasteiger partial charge in [-0.05, 0) is 71.0 Å². The lowest BCUT2D eigenvalue weighted by molar-refractivity contribution is -0.121. The molecule has 0 aromatic carbocycles. The van der Waals surface area contributed by atoms with Crippen LogP contribution in [0.25, 0.3) is 0 Å². The normalized spacial score (nSPS) is 25.0. The van der Waals surface area contributed by atoms with Gasteiger partial charge in [0.15, 0.2) is 5.82 Å². The van der Waals surface area contributed by atoms with E-state index in [9.17, 15) is 4.79 Å². The quantitative estimate of drug-likeness (QED) is 0.886. The van der Waals surface area contributed by atoms with E-state index in [1.807, 2.05) is 13.8 Å². The van der Waals surface area contributed by atoms with Gasteiger partial charge in [0, 0.05) is 19.2 Å². The molecule has 2 aliphatic rings. The van der Waals surface area contributed by atoms with Crippen molar-refractivity contribution in [3.8, 4) is 0 Å². The fraction of sp³-hybridized carbons (Fsp3) is 0.789. The van der Waals surface area contributed by atoms with Gasteiger partial charge in [-0.15, -0.1) is 0 Å². The first-order valence-electron chi connectivity index (χ1n) is 9.72. The van der Waals surface area contributed by atoms with Gasteiger partial charge in [-0.2, -0.15) is 0 Å². The second kappa shape index (κ2) is 8.32. The fourth-order valence-corrected chi connectivity index (χ4v) is 4.03. The number of hydrogen-bond donors (Lipinski definition) is 1. The highest BCUT2D eigenvalue weighted by atomic mass is 16.5. The first-order valence-corrected chi connectivity index (χ1v) is 9.72. The lowest BCUT2D eigenvalue weighted by Gasteiger charge is -2.39. The van der Waals surface area contributed by atoms with Crippen molar-refractivity contribution in [3.63, 3.8) is 0 Å². The third kappa shape index (κ3) is 5.05. The number of hydrogen-bond acceptors (Lipinski definition) is 5. The number of carbonyl (C=O) groups is 1. The number of anilines is 1. The second-order valence-corrected chi connectivity index (χ2v) is 7.97. The number of likely N-dealkylation sites (tertiary alicyclic amines) is 2. The molecule has 2 saturated heterocycles. The molecule has 6 nitrogen and oxygen atoms in total. The first kappa shape index (κ1) is 18.4. The van der Waals surface area contributed by atoms with Crippen LogP contribution in [0.3, 0.4) is 0 Å². The molecule has 2 atom stereocenters. The predicted molar refractivity (Wildman–Crippen MR) is 98.5 cm³/mol. The monoisotopic (exact) mass is 348 g/mol. The number of nitrogens with one attached hydrogen (secondary N) is 1. The zero-order valence-corrected chi connectivity index (χ0v) is 15.8. The third-order valence-electron chi connectivity index (χ3n) is 5.75. The smallest absolute Gasteiger partial charge is 0.242 e. The summed E-state index contributed by atoms with van der Waals surface area (Å²) in [5, 5.41) is 6.71. The lowest BCUT2D eigenvalue weighted by Crippen LogP contribution is -2.49. The summed E-state index contributed by atoms with van der Waals surface area (Å²) >= 11 is 0. The van der Waals surface area contributed by atoms with Gasteiger partial charge in [-0.25, -0.2) is 0 Å². The van der Waals surface area contributed by atoms with Crippen LogP contribution >= 0.6 is 0 Å². The molecular formula is C19H32N4O2. The molecule has 25 heavy (non-hydrogen) atoms. The number of piperidine rings is 2. The van der Waals surface area contributed by atoms with Crippen LogP contribution in [0.1, 0.15) is 45.3 Å². The Morgan fingerprint density at radius 1 is 1.36 bits per heavy atom. The zero-order chi connectivity index (χ0) is 17.8. The van der Waals surface area contributed by atoms with Crippen LogP contribution in [0.4, 0.5) is 5.82 Å². The summed E-state index contributed by atoms with van der Waals surface area (Å²) in [5.41, 5.74) is 0. The Hall–Kier alpha value is -1.40. The van der Waals surface area contributed by atoms with E-state index in [1.54, 1.807) is 6.07 Å². The zero-order valence-electron chi connectivity index (χ0n) is 15.8. The van der Waals surface area contributed by atoms with Crippen LogP contribution in [0, 0.1) is 18.8 Å². The summed E-state index contributed by atoms with van der Waals surface area (Å²) in [6.07, 6.45) is 5.10. The molecule has 2 aliphatic heterocycles. The van der Waals surface area contributed by atoms with E-state index in [0.717, 1.165) is 19.0 Å². The summed E-state index contributed by atoms with van der Waals surface area (Å²) in [6, 6.07) is 1.61. The second-order valence-electron chi connectivity index (χ2n) is 7.97. The molecule has 1 aromatic heterocycles. The first-order chi connectivity index (χ1) is 12.0. The minimum absolute atomic E-state index is 0.000692. The lowest BCUT2D eigenvalue weighted by atomic mass is 9.93. The number of aryl methyl sites for hydroxylation is 1. The van der Waals surface area contributed by atoms with Crippen molar-refractivity contribution < 1.29 is 9.32 Å². The highest BCUT2D eigenvalue weighted by Gasteiger charge is 2.29. The summed E-state index contributed by atoms with van der Waals surface area (Å²) < 4.78 is 5.02. The van der Waals surface area contributed by atoms with Crippen LogP contribution in [0.5, 0.6) is 0 Å². The number of amides is 1. The van der Waals surface area contributed by atoms with E-state index in [0.29, 0.717) is 17.5 Å². The van der Waals surface area contributed by atoms with Gasteiger partial charge in [-0.1, -0.05) is 12.1 Å². The molecule has 0 radical (unpaired) electrons. The Labute approximate surface area is 150 Å². The van der Waals surface area contributed by atoms with E-state index in [4.69, 9.17) is 4.52 Å². The van der Waals surface area contributed by atoms with Gasteiger partial charge in [0.25, 0.3) is 0 Å². The van der Waals surface area contributed by atoms with E-state index in [-0.39, 0.29) is 11.9 Å². The van der Waals surface area contributed by atoms with Crippen molar-refractivity contribution in [2.75, 3.05) is 38.0 Å². The maximum atomic E-state index is 12.5. The van der Waals surface area contributed by atoms with Gasteiger partial charge in [-0.3, -0.25) is 9.69 Å². The van der Waals surface area contributed by atoms with E-state index < -0.39 is 0 Å². The Morgan fingerprint density at radius 2 is 2.12 bits per heavy atom. The van der Waals surface area contributed by atoms with Gasteiger partial charge in [0.1, 0.15) is 5.76 Å². The molecule has 0 saturated carbocycles. The number of aromatic nitrogens is 1. The van der Waals surface area contributed by atoms with Crippen LogP contribution in [0.2, 0.25) is 0 Å². The molecule has 0 aliphatic carbocycles. The van der Waals surface area contributed by atoms with Gasteiger partial charge < -0.3 is 14.7 Å². The SMILES string of the molecule is Cc1cc(NC(=O)[C@@H](C)N2CCC[C@@H](CN3CCC(C)CC3)C2)no1. The molecule has 3 rings (SSSR count). The van der Waals surface area contributed by atoms with Crippen molar-refractivity contribution in [1.82, 2.24) is 15.0 Å². The predicted octanol–water partition coefficient (Wildman–Crippen LogP) is 2.75. The molecule has 1 aromatic rings. The maximum Gasteiger partial charge on any atom is 0.242 e. The molecule has 140 valence electrons. The molecule has 1 amide bonds. The molecule has 1 N–H and O–H groups in total. The minimum Gasteiger partial charge on any atom is -0.360 e. The Morgan fingerprint density at radius 3 is 2.80 bits per heavy atom. The summed E-state index contributed by atoms with van der Waals surface area (Å²) in [7, 11) is 0. The Bertz CT molecular complexity index is 566. The molecule has 3 heterocycles. The third-order valence-corrected chi connectivity index (χ3v) is 5.75. The van der Waals surface area contributed by atoms with Gasteiger partial charge >= 0.3 is 0 Å². The Balaban J connectivity index is 1.49. The molecule has 0 spiro atoms. The number of carbonyl (C=O) groups excluding carboxylic acids is 1. The van der Waals surface area contributed by atoms with Gasteiger partial charge in [0.2, 0.25) is 5.91 Å². The largest absolute Gasteiger partial charge is 0.360 e. The number of rotatable bonds is 5. The fourth-order valence-electron chi connectivity index (χ4n) is 4.03. The summed E-state index contributed by atoms with van der Waals surface area (Å²) in [4.78, 5) is 17.5.